The number of imidazole rings is 1. The molecule has 31 heavy (non-hydrogen) atoms. The topological polar surface area (TPSA) is 27.1 Å². The summed E-state index contributed by atoms with van der Waals surface area (Å²) in [5.41, 5.74) is 10.6. The van der Waals surface area contributed by atoms with Crippen molar-refractivity contribution in [3.8, 4) is 34.0 Å². The van der Waals surface area contributed by atoms with Gasteiger partial charge in [0.25, 0.3) is 0 Å². The zero-order valence-corrected chi connectivity index (χ0v) is 21.2. The number of nitrogens with zero attached hydrogens (tertiary/aromatic N) is 2. The van der Waals surface area contributed by atoms with Gasteiger partial charge < -0.3 is 9.30 Å². The minimum Gasteiger partial charge on any atom is -0.539 e. The first kappa shape index (κ1) is 23.0. The molecule has 3 nitrogen and oxygen atoms in total. The van der Waals surface area contributed by atoms with Crippen molar-refractivity contribution < 1.29 is 24.8 Å². The molecule has 1 radical (unpaired) electrons. The first-order chi connectivity index (χ1) is 14.4. The van der Waals surface area contributed by atoms with Crippen LogP contribution in [0.15, 0.2) is 54.9 Å². The molecule has 0 aliphatic rings. The average Bonchev–Trinajstić information content (AvgIpc) is 3.16. The summed E-state index contributed by atoms with van der Waals surface area (Å²) in [6, 6.07) is 18.2. The van der Waals surface area contributed by atoms with Crippen molar-refractivity contribution in [2.75, 3.05) is 7.11 Å². The molecule has 0 unspecified atom stereocenters. The first-order valence-corrected chi connectivity index (χ1v) is 10.2. The van der Waals surface area contributed by atoms with Gasteiger partial charge in [-0.15, -0.1) is 23.8 Å². The first-order valence-electron chi connectivity index (χ1n) is 10.2. The molecule has 0 saturated heterocycles. The second-order valence-corrected chi connectivity index (χ2v) is 7.96. The summed E-state index contributed by atoms with van der Waals surface area (Å²) in [6.07, 6.45) is 3.88. The molecule has 0 saturated carbocycles. The maximum Gasteiger partial charge on any atom is 0.0648 e. The van der Waals surface area contributed by atoms with Crippen molar-refractivity contribution in [3.05, 3.63) is 88.7 Å². The molecular formula is C27H27IrN2O-. The number of hydrogen-bond acceptors (Lipinski definition) is 2. The molecule has 0 amide bonds. The second kappa shape index (κ2) is 9.21. The number of aryl methyl sites for hydroxylation is 5. The van der Waals surface area contributed by atoms with Crippen LogP contribution >= 0.6 is 0 Å². The Morgan fingerprint density at radius 2 is 1.55 bits per heavy atom. The fraction of sp³-hybridized carbons (Fsp3) is 0.222. The Balaban J connectivity index is 0.00000272. The summed E-state index contributed by atoms with van der Waals surface area (Å²) in [5.74, 6) is 1.69. The Morgan fingerprint density at radius 3 is 2.16 bits per heavy atom. The molecule has 0 fully saturated rings. The van der Waals surface area contributed by atoms with E-state index >= 15 is 0 Å². The number of rotatable bonds is 4. The van der Waals surface area contributed by atoms with Crippen molar-refractivity contribution >= 4 is 0 Å². The average molecular weight is 588 g/mol. The molecule has 0 N–H and O–H groups in total. The van der Waals surface area contributed by atoms with E-state index in [4.69, 9.17) is 9.72 Å². The maximum atomic E-state index is 5.69. The van der Waals surface area contributed by atoms with Gasteiger partial charge in [-0.3, -0.25) is 4.98 Å². The third-order valence-electron chi connectivity index (χ3n) is 5.64. The Bertz CT molecular complexity index is 1200. The predicted octanol–water partition coefficient (Wildman–Crippen LogP) is 6.55. The van der Waals surface area contributed by atoms with Gasteiger partial charge in [-0.1, -0.05) is 41.5 Å². The molecule has 0 bridgehead atoms. The second-order valence-electron chi connectivity index (χ2n) is 7.96. The van der Waals surface area contributed by atoms with E-state index in [1.54, 1.807) is 7.11 Å². The van der Waals surface area contributed by atoms with Crippen LogP contribution in [0.25, 0.3) is 28.2 Å². The molecule has 4 heteroatoms. The van der Waals surface area contributed by atoms with Gasteiger partial charge in [0.05, 0.1) is 12.9 Å². The van der Waals surface area contributed by atoms with E-state index in [0.29, 0.717) is 0 Å². The van der Waals surface area contributed by atoms with Crippen molar-refractivity contribution in [2.45, 2.75) is 34.6 Å². The zero-order chi connectivity index (χ0) is 21.4. The van der Waals surface area contributed by atoms with Crippen molar-refractivity contribution in [2.24, 2.45) is 0 Å². The van der Waals surface area contributed by atoms with E-state index in [0.717, 1.165) is 22.7 Å². The van der Waals surface area contributed by atoms with Gasteiger partial charge in [-0.05, 0) is 62.4 Å². The van der Waals surface area contributed by atoms with Crippen LogP contribution < -0.4 is 4.74 Å². The molecule has 161 valence electrons. The van der Waals surface area contributed by atoms with Crippen LogP contribution in [-0.2, 0) is 20.1 Å². The quantitative estimate of drug-likeness (QED) is 0.253. The van der Waals surface area contributed by atoms with Crippen molar-refractivity contribution in [1.82, 2.24) is 9.55 Å². The predicted molar refractivity (Wildman–Crippen MR) is 124 cm³/mol. The van der Waals surface area contributed by atoms with Gasteiger partial charge in [-0.25, -0.2) is 0 Å². The zero-order valence-electron chi connectivity index (χ0n) is 18.8. The number of hydrogen-bond donors (Lipinski definition) is 0. The molecule has 4 rings (SSSR count). The maximum absolute atomic E-state index is 5.69. The molecular weight excluding hydrogens is 561 g/mol. The summed E-state index contributed by atoms with van der Waals surface area (Å²) in [6.45, 7) is 10.7. The number of methoxy groups -OCH3 is 1. The molecule has 1 heterocycles. The minimum absolute atomic E-state index is 0. The van der Waals surface area contributed by atoms with E-state index < -0.39 is 0 Å². The summed E-state index contributed by atoms with van der Waals surface area (Å²) < 4.78 is 7.85. The molecule has 0 aliphatic carbocycles. The molecule has 0 spiro atoms. The van der Waals surface area contributed by atoms with Crippen LogP contribution in [0.5, 0.6) is 5.75 Å². The van der Waals surface area contributed by atoms with E-state index in [9.17, 15) is 0 Å². The van der Waals surface area contributed by atoms with Gasteiger partial charge in [0.2, 0.25) is 0 Å². The summed E-state index contributed by atoms with van der Waals surface area (Å²) in [4.78, 5) is 4.69. The normalized spacial score (nSPS) is 10.6. The van der Waals surface area contributed by atoms with E-state index in [1.165, 1.54) is 39.1 Å². The Labute approximate surface area is 198 Å². The fourth-order valence-corrected chi connectivity index (χ4v) is 4.45. The van der Waals surface area contributed by atoms with Crippen LogP contribution in [0.4, 0.5) is 0 Å². The summed E-state index contributed by atoms with van der Waals surface area (Å²) in [7, 11) is 1.71. The van der Waals surface area contributed by atoms with Gasteiger partial charge in [0.15, 0.2) is 0 Å². The van der Waals surface area contributed by atoms with Gasteiger partial charge in [-0.2, -0.15) is 0 Å². The Morgan fingerprint density at radius 1 is 0.903 bits per heavy atom. The minimum atomic E-state index is 0. The summed E-state index contributed by atoms with van der Waals surface area (Å²) >= 11 is 0. The SMILES string of the molecule is COc1c[c-]c(-c2nccn2-c2c(C)cc(C)cc2C)cc1-c1c(C)cccc1C.[Ir]. The van der Waals surface area contributed by atoms with E-state index in [1.807, 2.05) is 18.5 Å². The molecule has 4 aromatic rings. The van der Waals surface area contributed by atoms with Gasteiger partial charge in [0.1, 0.15) is 0 Å². The Kier molecular flexibility index (Phi) is 6.83. The van der Waals surface area contributed by atoms with Crippen molar-refractivity contribution in [1.29, 1.82) is 0 Å². The van der Waals surface area contributed by atoms with Crippen LogP contribution in [0.2, 0.25) is 0 Å². The van der Waals surface area contributed by atoms with Crippen LogP contribution in [-0.4, -0.2) is 16.7 Å². The van der Waals surface area contributed by atoms with Crippen LogP contribution in [0, 0.1) is 40.7 Å². The third kappa shape index (κ3) is 4.23. The van der Waals surface area contributed by atoms with Crippen LogP contribution in [0.1, 0.15) is 27.8 Å². The molecule has 0 atom stereocenters. The van der Waals surface area contributed by atoms with Crippen molar-refractivity contribution in [3.63, 3.8) is 0 Å². The standard InChI is InChI=1S/C27H27N2O.Ir/c1-17-14-20(4)26(21(5)15-17)29-13-12-28-27(29)22-10-11-24(30-6)23(16-22)25-18(2)8-7-9-19(25)3;/h7-9,11-16H,1-6H3;/q-1;. The largest absolute Gasteiger partial charge is 0.539 e. The Hall–Kier alpha value is -2.68. The molecule has 1 aromatic heterocycles. The molecule has 0 aliphatic heterocycles. The monoisotopic (exact) mass is 588 g/mol. The molecule has 3 aromatic carbocycles. The van der Waals surface area contributed by atoms with Gasteiger partial charge >= 0.3 is 0 Å². The van der Waals surface area contributed by atoms with E-state index in [2.05, 4.69) is 81.7 Å². The van der Waals surface area contributed by atoms with Crippen LogP contribution in [0.3, 0.4) is 0 Å². The smallest absolute Gasteiger partial charge is 0.0648 e. The fourth-order valence-electron chi connectivity index (χ4n) is 4.45. The third-order valence-corrected chi connectivity index (χ3v) is 5.64. The number of benzene rings is 3. The number of aromatic nitrogens is 2. The summed E-state index contributed by atoms with van der Waals surface area (Å²) in [5, 5.41) is 0. The van der Waals surface area contributed by atoms with E-state index in [-0.39, 0.29) is 20.1 Å². The van der Waals surface area contributed by atoms with Gasteiger partial charge in [0, 0.05) is 43.9 Å². The number of ether oxygens (including phenoxy) is 1.